The maximum Gasteiger partial charge on any atom is 0.358 e. The average molecular weight is 552 g/mol. The van der Waals surface area contributed by atoms with Crippen LogP contribution in [0, 0.1) is 5.92 Å². The van der Waals surface area contributed by atoms with E-state index in [0.717, 1.165) is 42.1 Å². The number of aromatic nitrogens is 2. The summed E-state index contributed by atoms with van der Waals surface area (Å²) in [5.74, 6) is -0.936. The summed E-state index contributed by atoms with van der Waals surface area (Å²) in [6.45, 7) is 7.31. The second-order valence-electron chi connectivity index (χ2n) is 11.0. The van der Waals surface area contributed by atoms with E-state index in [1.54, 1.807) is 4.90 Å². The normalized spacial score (nSPS) is 15.6. The number of likely N-dealkylation sites (tertiary alicyclic amines) is 1. The molecule has 3 heterocycles. The summed E-state index contributed by atoms with van der Waals surface area (Å²) in [5, 5.41) is 16.7. The number of nitrogens with zero attached hydrogens (tertiary/aromatic N) is 2. The van der Waals surface area contributed by atoms with Gasteiger partial charge in [-0.05, 0) is 43.2 Å². The van der Waals surface area contributed by atoms with Crippen molar-refractivity contribution >= 4 is 28.8 Å². The van der Waals surface area contributed by atoms with E-state index < -0.39 is 18.1 Å². The van der Waals surface area contributed by atoms with Crippen LogP contribution in [0.25, 0.3) is 10.9 Å². The average Bonchev–Trinajstić information content (AvgIpc) is 3.42. The molecule has 4 rings (SSSR count). The second kappa shape index (κ2) is 13.5. The molecule has 40 heavy (non-hydrogen) atoms. The summed E-state index contributed by atoms with van der Waals surface area (Å²) in [4.78, 5) is 48.2. The first-order valence-electron chi connectivity index (χ1n) is 14.4. The minimum absolute atomic E-state index is 0.136. The zero-order valence-corrected chi connectivity index (χ0v) is 23.7. The maximum absolute atomic E-state index is 13.8. The molecule has 2 aromatic heterocycles. The van der Waals surface area contributed by atoms with Gasteiger partial charge in [-0.25, -0.2) is 14.6 Å². The summed E-state index contributed by atoms with van der Waals surface area (Å²) in [7, 11) is 0. The van der Waals surface area contributed by atoms with Gasteiger partial charge < -0.3 is 30.0 Å². The smallest absolute Gasteiger partial charge is 0.358 e. The molecule has 0 saturated carbocycles. The number of hydrogen-bond donors (Lipinski definition) is 4. The van der Waals surface area contributed by atoms with Crippen molar-refractivity contribution in [3.63, 3.8) is 0 Å². The van der Waals surface area contributed by atoms with Gasteiger partial charge in [-0.15, -0.1) is 0 Å². The molecule has 1 aliphatic rings. The number of aromatic amines is 1. The van der Waals surface area contributed by atoms with Gasteiger partial charge in [0.25, 0.3) is 0 Å². The summed E-state index contributed by atoms with van der Waals surface area (Å²) < 4.78 is 5.98. The van der Waals surface area contributed by atoms with Crippen LogP contribution in [0.5, 0.6) is 0 Å². The third-order valence-corrected chi connectivity index (χ3v) is 7.32. The lowest BCUT2D eigenvalue weighted by Gasteiger charge is -2.27. The number of urea groups is 1. The molecule has 10 nitrogen and oxygen atoms in total. The quantitative estimate of drug-likeness (QED) is 0.258. The Morgan fingerprint density at radius 2 is 1.82 bits per heavy atom. The van der Waals surface area contributed by atoms with Crippen LogP contribution < -0.4 is 10.6 Å². The number of aryl methyl sites for hydroxylation is 1. The van der Waals surface area contributed by atoms with Crippen molar-refractivity contribution < 1.29 is 23.9 Å². The van der Waals surface area contributed by atoms with Crippen molar-refractivity contribution in [2.24, 2.45) is 5.92 Å². The molecule has 0 unspecified atom stereocenters. The molecule has 1 aromatic carbocycles. The van der Waals surface area contributed by atoms with Crippen molar-refractivity contribution in [1.29, 1.82) is 0 Å². The van der Waals surface area contributed by atoms with Gasteiger partial charge in [0, 0.05) is 43.0 Å². The highest BCUT2D eigenvalue weighted by Crippen LogP contribution is 2.27. The lowest BCUT2D eigenvalue weighted by Crippen LogP contribution is -2.52. The Bertz CT molecular complexity index is 1300. The van der Waals surface area contributed by atoms with E-state index >= 15 is 0 Å². The minimum atomic E-state index is -1.17. The molecule has 1 aliphatic heterocycles. The highest BCUT2D eigenvalue weighted by molar-refractivity contribution is 5.88. The SMILES string of the molecule is CCCc1oc([C@@H](Cc2c[nH]c3ccccc23)NC(=O)[C@H](CC(C)C)NC(=O)N2CCCCCC2)nc1C(=O)O. The third-order valence-electron chi connectivity index (χ3n) is 7.32. The van der Waals surface area contributed by atoms with E-state index in [-0.39, 0.29) is 35.2 Å². The number of fused-ring (bicyclic) bond motifs is 1. The number of benzene rings is 1. The summed E-state index contributed by atoms with van der Waals surface area (Å²) in [6, 6.07) is 6.11. The number of H-pyrrole nitrogens is 1. The predicted octanol–water partition coefficient (Wildman–Crippen LogP) is 5.21. The Morgan fingerprint density at radius 1 is 1.10 bits per heavy atom. The number of oxazole rings is 1. The van der Waals surface area contributed by atoms with Crippen LogP contribution >= 0.6 is 0 Å². The molecule has 0 aliphatic carbocycles. The zero-order valence-electron chi connectivity index (χ0n) is 23.7. The fraction of sp³-hybridized carbons (Fsp3) is 0.533. The molecule has 1 fully saturated rings. The Balaban J connectivity index is 1.62. The van der Waals surface area contributed by atoms with Crippen LogP contribution in [-0.4, -0.2) is 57.0 Å². The van der Waals surface area contributed by atoms with Gasteiger partial charge in [-0.2, -0.15) is 0 Å². The predicted molar refractivity (Wildman–Crippen MR) is 152 cm³/mol. The van der Waals surface area contributed by atoms with Gasteiger partial charge in [0.15, 0.2) is 5.69 Å². The number of aromatic carboxylic acids is 1. The van der Waals surface area contributed by atoms with E-state index in [1.165, 1.54) is 0 Å². The van der Waals surface area contributed by atoms with E-state index in [1.807, 2.05) is 51.2 Å². The molecule has 4 N–H and O–H groups in total. The van der Waals surface area contributed by atoms with Crippen molar-refractivity contribution in [3.8, 4) is 0 Å². The molecular formula is C30H41N5O5. The standard InChI is InChI=1S/C30H41N5O5/c1-4-11-25-26(29(37)38)34-28(40-25)24(17-20-18-31-22-13-8-7-12-21(20)22)32-27(36)23(16-19(2)3)33-30(39)35-14-9-5-6-10-15-35/h7-8,12-13,18-19,23-24,31H,4-6,9-11,14-17H2,1-3H3,(H,32,36)(H,33,39)(H,37,38)/t23-,24+/m0/s1. The van der Waals surface area contributed by atoms with Crippen LogP contribution in [0.15, 0.2) is 34.9 Å². The molecule has 3 aromatic rings. The highest BCUT2D eigenvalue weighted by Gasteiger charge is 2.31. The number of amides is 3. The molecular weight excluding hydrogens is 510 g/mol. The molecule has 10 heteroatoms. The lowest BCUT2D eigenvalue weighted by atomic mass is 10.0. The number of carboxylic acid groups (broad SMARTS) is 1. The van der Waals surface area contributed by atoms with Crippen LogP contribution in [0.1, 0.15) is 93.0 Å². The topological polar surface area (TPSA) is 141 Å². The molecule has 2 atom stereocenters. The van der Waals surface area contributed by atoms with Crippen LogP contribution in [0.4, 0.5) is 4.79 Å². The Hall–Kier alpha value is -3.82. The molecule has 3 amide bonds. The summed E-state index contributed by atoms with van der Waals surface area (Å²) in [5.41, 5.74) is 1.75. The highest BCUT2D eigenvalue weighted by atomic mass is 16.4. The monoisotopic (exact) mass is 551 g/mol. The van der Waals surface area contributed by atoms with E-state index in [2.05, 4.69) is 20.6 Å². The van der Waals surface area contributed by atoms with Crippen LogP contribution in [0.3, 0.4) is 0 Å². The summed E-state index contributed by atoms with van der Waals surface area (Å²) in [6.07, 6.45) is 7.89. The van der Waals surface area contributed by atoms with Gasteiger partial charge in [-0.3, -0.25) is 4.79 Å². The summed E-state index contributed by atoms with van der Waals surface area (Å²) >= 11 is 0. The largest absolute Gasteiger partial charge is 0.476 e. The first-order valence-corrected chi connectivity index (χ1v) is 14.4. The number of nitrogens with one attached hydrogen (secondary N) is 3. The van der Waals surface area contributed by atoms with Crippen molar-refractivity contribution in [2.75, 3.05) is 13.1 Å². The van der Waals surface area contributed by atoms with Crippen LogP contribution in [0.2, 0.25) is 0 Å². The van der Waals surface area contributed by atoms with Crippen molar-refractivity contribution in [1.82, 2.24) is 25.5 Å². The Labute approximate surface area is 234 Å². The molecule has 0 radical (unpaired) electrons. The van der Waals surface area contributed by atoms with E-state index in [4.69, 9.17) is 4.42 Å². The van der Waals surface area contributed by atoms with Gasteiger partial charge >= 0.3 is 12.0 Å². The van der Waals surface area contributed by atoms with E-state index in [0.29, 0.717) is 38.8 Å². The lowest BCUT2D eigenvalue weighted by molar-refractivity contribution is -0.124. The van der Waals surface area contributed by atoms with Crippen LogP contribution in [-0.2, 0) is 17.6 Å². The minimum Gasteiger partial charge on any atom is -0.476 e. The van der Waals surface area contributed by atoms with Crippen molar-refractivity contribution in [2.45, 2.75) is 84.2 Å². The number of carbonyl (C=O) groups is 3. The third kappa shape index (κ3) is 7.22. The van der Waals surface area contributed by atoms with Crippen molar-refractivity contribution in [3.05, 3.63) is 53.4 Å². The second-order valence-corrected chi connectivity index (χ2v) is 11.0. The molecule has 1 saturated heterocycles. The number of para-hydroxylation sites is 1. The Morgan fingerprint density at radius 3 is 2.50 bits per heavy atom. The number of hydrogen-bond acceptors (Lipinski definition) is 5. The zero-order chi connectivity index (χ0) is 28.6. The van der Waals surface area contributed by atoms with Gasteiger partial charge in [0.1, 0.15) is 17.8 Å². The maximum atomic E-state index is 13.8. The fourth-order valence-corrected chi connectivity index (χ4v) is 5.29. The van der Waals surface area contributed by atoms with E-state index in [9.17, 15) is 19.5 Å². The Kier molecular flexibility index (Phi) is 9.84. The van der Waals surface area contributed by atoms with Gasteiger partial charge in [0.05, 0.1) is 0 Å². The number of carbonyl (C=O) groups excluding carboxylic acids is 2. The first-order chi connectivity index (χ1) is 19.3. The number of rotatable bonds is 11. The molecule has 0 bridgehead atoms. The fourth-order valence-electron chi connectivity index (χ4n) is 5.29. The molecule has 216 valence electrons. The van der Waals surface area contributed by atoms with Gasteiger partial charge in [0.2, 0.25) is 11.8 Å². The number of carboxylic acids is 1. The molecule has 0 spiro atoms. The first kappa shape index (κ1) is 29.2. The van der Waals surface area contributed by atoms with Gasteiger partial charge in [-0.1, -0.05) is 51.8 Å².